The molecule has 2 amide bonds. The van der Waals surface area contributed by atoms with E-state index in [1.807, 2.05) is 43.3 Å². The van der Waals surface area contributed by atoms with Crippen molar-refractivity contribution in [2.45, 2.75) is 46.5 Å². The van der Waals surface area contributed by atoms with Gasteiger partial charge in [0.25, 0.3) is 11.8 Å². The Labute approximate surface area is 203 Å². The van der Waals surface area contributed by atoms with E-state index in [0.717, 1.165) is 49.4 Å². The molecule has 0 aromatic heterocycles. The molecule has 3 aliphatic rings. The summed E-state index contributed by atoms with van der Waals surface area (Å²) < 4.78 is 0. The van der Waals surface area contributed by atoms with Gasteiger partial charge in [0, 0.05) is 31.9 Å². The van der Waals surface area contributed by atoms with Gasteiger partial charge in [-0.25, -0.2) is 4.90 Å². The van der Waals surface area contributed by atoms with Crippen LogP contribution >= 0.6 is 0 Å². The van der Waals surface area contributed by atoms with E-state index in [1.54, 1.807) is 0 Å². The molecule has 0 N–H and O–H groups in total. The molecule has 3 aliphatic heterocycles. The van der Waals surface area contributed by atoms with Crippen LogP contribution in [0.3, 0.4) is 0 Å². The second-order valence-electron chi connectivity index (χ2n) is 10.5. The Bertz CT molecular complexity index is 1090. The van der Waals surface area contributed by atoms with Crippen LogP contribution in [0.15, 0.2) is 54.2 Å². The minimum Gasteiger partial charge on any atom is -0.372 e. The molecular weight excluding hydrogens is 422 g/mol. The van der Waals surface area contributed by atoms with E-state index < -0.39 is 0 Å². The quantitative estimate of drug-likeness (QED) is 0.589. The zero-order valence-corrected chi connectivity index (χ0v) is 20.6. The predicted molar refractivity (Wildman–Crippen MR) is 138 cm³/mol. The fourth-order valence-corrected chi connectivity index (χ4v) is 5.84. The van der Waals surface area contributed by atoms with E-state index in [9.17, 15) is 9.59 Å². The molecule has 3 heterocycles. The standard InChI is InChI=1S/C29H35N3O2/c1-20-7-9-23(10-8-20)26-27(31-18-21(2)17-22(3)19-31)29(34)32(28(26)33)25-13-11-24(12-14-25)30-15-5-4-6-16-30/h7-14,21-22H,4-6,15-19H2,1-3H3. The molecule has 0 bridgehead atoms. The Morgan fingerprint density at radius 1 is 0.706 bits per heavy atom. The Balaban J connectivity index is 1.51. The van der Waals surface area contributed by atoms with Crippen molar-refractivity contribution in [3.05, 3.63) is 65.4 Å². The summed E-state index contributed by atoms with van der Waals surface area (Å²) in [5.41, 5.74) is 4.85. The van der Waals surface area contributed by atoms with Crippen molar-refractivity contribution in [1.29, 1.82) is 0 Å². The summed E-state index contributed by atoms with van der Waals surface area (Å²) in [6.45, 7) is 10.2. The van der Waals surface area contributed by atoms with Crippen molar-refractivity contribution in [3.8, 4) is 0 Å². The normalized spacial score (nSPS) is 23.8. The number of anilines is 2. The van der Waals surface area contributed by atoms with E-state index in [4.69, 9.17) is 0 Å². The monoisotopic (exact) mass is 457 g/mol. The highest BCUT2D eigenvalue weighted by Gasteiger charge is 2.43. The van der Waals surface area contributed by atoms with Crippen LogP contribution in [0.4, 0.5) is 11.4 Å². The number of benzene rings is 2. The first-order chi connectivity index (χ1) is 16.4. The van der Waals surface area contributed by atoms with Crippen LogP contribution in [-0.4, -0.2) is 42.9 Å². The van der Waals surface area contributed by atoms with E-state index in [2.05, 4.69) is 35.8 Å². The van der Waals surface area contributed by atoms with Crippen LogP contribution in [-0.2, 0) is 9.59 Å². The first-order valence-electron chi connectivity index (χ1n) is 12.7. The van der Waals surface area contributed by atoms with Crippen molar-refractivity contribution >= 4 is 28.8 Å². The van der Waals surface area contributed by atoms with Crippen molar-refractivity contribution in [1.82, 2.24) is 4.90 Å². The summed E-state index contributed by atoms with van der Waals surface area (Å²) in [7, 11) is 0. The lowest BCUT2D eigenvalue weighted by Crippen LogP contribution is -2.42. The summed E-state index contributed by atoms with van der Waals surface area (Å²) in [5.74, 6) is 0.542. The lowest BCUT2D eigenvalue weighted by Gasteiger charge is -2.37. The van der Waals surface area contributed by atoms with E-state index in [1.165, 1.54) is 24.2 Å². The predicted octanol–water partition coefficient (Wildman–Crippen LogP) is 5.25. The zero-order chi connectivity index (χ0) is 23.8. The largest absolute Gasteiger partial charge is 0.372 e. The second kappa shape index (κ2) is 9.28. The highest BCUT2D eigenvalue weighted by atomic mass is 16.2. The van der Waals surface area contributed by atoms with Crippen LogP contribution < -0.4 is 9.80 Å². The van der Waals surface area contributed by atoms with Gasteiger partial charge in [0.1, 0.15) is 5.70 Å². The number of amides is 2. The molecule has 34 heavy (non-hydrogen) atoms. The molecule has 5 heteroatoms. The third-order valence-corrected chi connectivity index (χ3v) is 7.41. The van der Waals surface area contributed by atoms with Gasteiger partial charge in [-0.05, 0) is 74.3 Å². The number of hydrogen-bond acceptors (Lipinski definition) is 4. The number of hydrogen-bond donors (Lipinski definition) is 0. The van der Waals surface area contributed by atoms with Crippen molar-refractivity contribution in [3.63, 3.8) is 0 Å². The number of carbonyl (C=O) groups excluding carboxylic acids is 2. The number of imide groups is 1. The summed E-state index contributed by atoms with van der Waals surface area (Å²) >= 11 is 0. The zero-order valence-electron chi connectivity index (χ0n) is 20.6. The molecule has 178 valence electrons. The first kappa shape index (κ1) is 22.7. The molecule has 2 aromatic rings. The number of carbonyl (C=O) groups is 2. The summed E-state index contributed by atoms with van der Waals surface area (Å²) in [5, 5.41) is 0. The molecule has 0 radical (unpaired) electrons. The number of nitrogens with zero attached hydrogens (tertiary/aromatic N) is 3. The SMILES string of the molecule is Cc1ccc(C2=C(N3CC(C)CC(C)C3)C(=O)N(c3ccc(N4CCCCC4)cc3)C2=O)cc1. The van der Waals surface area contributed by atoms with Gasteiger partial charge in [-0.3, -0.25) is 9.59 Å². The molecule has 5 nitrogen and oxygen atoms in total. The van der Waals surface area contributed by atoms with Crippen LogP contribution in [0.25, 0.3) is 5.57 Å². The lowest BCUT2D eigenvalue weighted by atomic mass is 9.91. The van der Waals surface area contributed by atoms with Crippen LogP contribution in [0.1, 0.15) is 50.7 Å². The highest BCUT2D eigenvalue weighted by molar-refractivity contribution is 6.45. The van der Waals surface area contributed by atoms with Gasteiger partial charge in [-0.15, -0.1) is 0 Å². The fourth-order valence-electron chi connectivity index (χ4n) is 5.84. The maximum Gasteiger partial charge on any atom is 0.282 e. The molecule has 2 atom stereocenters. The summed E-state index contributed by atoms with van der Waals surface area (Å²) in [6, 6.07) is 15.9. The second-order valence-corrected chi connectivity index (χ2v) is 10.5. The van der Waals surface area contributed by atoms with Crippen LogP contribution in [0.2, 0.25) is 0 Å². The van der Waals surface area contributed by atoms with Gasteiger partial charge in [0.15, 0.2) is 0 Å². The van der Waals surface area contributed by atoms with Crippen molar-refractivity contribution < 1.29 is 9.59 Å². The molecular formula is C29H35N3O2. The van der Waals surface area contributed by atoms with E-state index in [0.29, 0.717) is 28.8 Å². The average Bonchev–Trinajstić information content (AvgIpc) is 3.09. The molecule has 2 fully saturated rings. The van der Waals surface area contributed by atoms with E-state index >= 15 is 0 Å². The Morgan fingerprint density at radius 2 is 1.29 bits per heavy atom. The van der Waals surface area contributed by atoms with Gasteiger partial charge >= 0.3 is 0 Å². The Morgan fingerprint density at radius 3 is 1.91 bits per heavy atom. The minimum atomic E-state index is -0.222. The maximum absolute atomic E-state index is 13.9. The smallest absolute Gasteiger partial charge is 0.282 e. The maximum atomic E-state index is 13.9. The average molecular weight is 458 g/mol. The lowest BCUT2D eigenvalue weighted by molar-refractivity contribution is -0.120. The number of aryl methyl sites for hydroxylation is 1. The van der Waals surface area contributed by atoms with E-state index in [-0.39, 0.29) is 11.8 Å². The van der Waals surface area contributed by atoms with Crippen LogP contribution in [0.5, 0.6) is 0 Å². The Kier molecular flexibility index (Phi) is 6.20. The molecule has 0 spiro atoms. The topological polar surface area (TPSA) is 43.9 Å². The van der Waals surface area contributed by atoms with Gasteiger partial charge in [0.2, 0.25) is 0 Å². The summed E-state index contributed by atoms with van der Waals surface area (Å²) in [4.78, 5) is 33.6. The molecule has 5 rings (SSSR count). The first-order valence-corrected chi connectivity index (χ1v) is 12.7. The number of likely N-dealkylation sites (tertiary alicyclic amines) is 1. The molecule has 0 aliphatic carbocycles. The van der Waals surface area contributed by atoms with Gasteiger partial charge < -0.3 is 9.80 Å². The third-order valence-electron chi connectivity index (χ3n) is 7.41. The molecule has 0 saturated carbocycles. The third kappa shape index (κ3) is 4.24. The van der Waals surface area contributed by atoms with Gasteiger partial charge in [-0.1, -0.05) is 43.7 Å². The number of rotatable bonds is 4. The van der Waals surface area contributed by atoms with Gasteiger partial charge in [-0.2, -0.15) is 0 Å². The molecule has 2 aromatic carbocycles. The number of piperidine rings is 2. The summed E-state index contributed by atoms with van der Waals surface area (Å²) in [6.07, 6.45) is 4.86. The van der Waals surface area contributed by atoms with Crippen molar-refractivity contribution in [2.24, 2.45) is 11.8 Å². The fraction of sp³-hybridized carbons (Fsp3) is 0.448. The van der Waals surface area contributed by atoms with Gasteiger partial charge in [0.05, 0.1) is 11.3 Å². The minimum absolute atomic E-state index is 0.201. The molecule has 2 saturated heterocycles. The molecule has 2 unspecified atom stereocenters. The highest BCUT2D eigenvalue weighted by Crippen LogP contribution is 2.38. The van der Waals surface area contributed by atoms with Crippen molar-refractivity contribution in [2.75, 3.05) is 36.0 Å². The Hall–Kier alpha value is -3.08. The van der Waals surface area contributed by atoms with Crippen LogP contribution in [0, 0.1) is 18.8 Å².